The summed E-state index contributed by atoms with van der Waals surface area (Å²) in [5, 5.41) is 15.0. The second-order valence-corrected chi connectivity index (χ2v) is 6.11. The van der Waals surface area contributed by atoms with Gasteiger partial charge in [0.25, 0.3) is 5.91 Å². The Labute approximate surface area is 152 Å². The quantitative estimate of drug-likeness (QED) is 0.638. The molecule has 1 N–H and O–H groups in total. The highest BCUT2D eigenvalue weighted by atomic mass is 16.1. The number of aromatic nitrogens is 6. The van der Waals surface area contributed by atoms with Crippen LogP contribution in [0.25, 0.3) is 5.65 Å². The van der Waals surface area contributed by atoms with E-state index in [-0.39, 0.29) is 5.91 Å². The minimum Gasteiger partial charge on any atom is -0.351 e. The number of carbonyl (C=O) groups excluding carboxylic acids is 1. The number of aryl methyl sites for hydroxylation is 1. The van der Waals surface area contributed by atoms with Crippen LogP contribution in [-0.4, -0.2) is 59.8 Å². The van der Waals surface area contributed by atoms with Crippen LogP contribution in [0.15, 0.2) is 24.9 Å². The molecule has 0 atom stereocenters. The molecule has 0 bridgehead atoms. The van der Waals surface area contributed by atoms with Gasteiger partial charge in [-0.1, -0.05) is 13.8 Å². The SMILES string of the molecule is CCN(CC)Cc1cnc2c(C(=O)NCCc3nncn3C)cnn2c1. The third-order valence-electron chi connectivity index (χ3n) is 4.39. The average molecular weight is 356 g/mol. The van der Waals surface area contributed by atoms with Crippen molar-refractivity contribution in [2.75, 3.05) is 19.6 Å². The van der Waals surface area contributed by atoms with Crippen molar-refractivity contribution in [3.8, 4) is 0 Å². The number of carbonyl (C=O) groups is 1. The highest BCUT2D eigenvalue weighted by Crippen LogP contribution is 2.10. The Kier molecular flexibility index (Phi) is 5.57. The van der Waals surface area contributed by atoms with Crippen LogP contribution in [0.2, 0.25) is 0 Å². The van der Waals surface area contributed by atoms with E-state index >= 15 is 0 Å². The molecule has 3 heterocycles. The summed E-state index contributed by atoms with van der Waals surface area (Å²) < 4.78 is 3.50. The third-order valence-corrected chi connectivity index (χ3v) is 4.39. The molecule has 0 spiro atoms. The Morgan fingerprint density at radius 1 is 1.27 bits per heavy atom. The maximum Gasteiger partial charge on any atom is 0.256 e. The van der Waals surface area contributed by atoms with Gasteiger partial charge in [0.1, 0.15) is 17.7 Å². The largest absolute Gasteiger partial charge is 0.351 e. The van der Waals surface area contributed by atoms with Gasteiger partial charge in [-0.25, -0.2) is 9.50 Å². The number of fused-ring (bicyclic) bond motifs is 1. The van der Waals surface area contributed by atoms with Crippen LogP contribution >= 0.6 is 0 Å². The summed E-state index contributed by atoms with van der Waals surface area (Å²) in [7, 11) is 1.88. The zero-order valence-corrected chi connectivity index (χ0v) is 15.4. The minimum atomic E-state index is -0.189. The molecule has 0 aliphatic rings. The normalized spacial score (nSPS) is 11.4. The lowest BCUT2D eigenvalue weighted by Gasteiger charge is -2.17. The number of rotatable bonds is 8. The third kappa shape index (κ3) is 3.88. The van der Waals surface area contributed by atoms with Gasteiger partial charge >= 0.3 is 0 Å². The fourth-order valence-corrected chi connectivity index (χ4v) is 2.78. The van der Waals surface area contributed by atoms with Gasteiger partial charge in [0, 0.05) is 44.5 Å². The summed E-state index contributed by atoms with van der Waals surface area (Å²) in [5.74, 6) is 0.635. The van der Waals surface area contributed by atoms with Crippen molar-refractivity contribution >= 4 is 11.6 Å². The van der Waals surface area contributed by atoms with Crippen LogP contribution in [0.5, 0.6) is 0 Å². The van der Waals surface area contributed by atoms with E-state index in [2.05, 4.69) is 44.3 Å². The molecule has 0 aliphatic heterocycles. The molecular formula is C17H24N8O. The van der Waals surface area contributed by atoms with Crippen LogP contribution < -0.4 is 5.32 Å². The fourth-order valence-electron chi connectivity index (χ4n) is 2.78. The Hall–Kier alpha value is -2.81. The molecule has 9 nitrogen and oxygen atoms in total. The van der Waals surface area contributed by atoms with E-state index in [4.69, 9.17) is 0 Å². The molecule has 0 aliphatic carbocycles. The Balaban J connectivity index is 1.66. The van der Waals surface area contributed by atoms with Crippen LogP contribution in [0.4, 0.5) is 0 Å². The Bertz CT molecular complexity index is 880. The van der Waals surface area contributed by atoms with E-state index in [0.717, 1.165) is 31.0 Å². The van der Waals surface area contributed by atoms with Crippen LogP contribution in [0, 0.1) is 0 Å². The predicted octanol–water partition coefficient (Wildman–Crippen LogP) is 0.672. The van der Waals surface area contributed by atoms with E-state index in [9.17, 15) is 4.79 Å². The monoisotopic (exact) mass is 356 g/mol. The zero-order valence-electron chi connectivity index (χ0n) is 15.4. The standard InChI is InChI=1S/C17H24N8O/c1-4-24(5-2)10-13-8-19-16-14(9-21-25(16)11-13)17(26)18-7-6-15-22-20-12-23(15)3/h8-9,11-12H,4-7,10H2,1-3H3,(H,18,26). The molecule has 0 saturated carbocycles. The molecule has 0 unspecified atom stereocenters. The predicted molar refractivity (Wildman–Crippen MR) is 96.7 cm³/mol. The molecule has 0 fully saturated rings. The first-order chi connectivity index (χ1) is 12.6. The first-order valence-corrected chi connectivity index (χ1v) is 8.78. The van der Waals surface area contributed by atoms with Crippen molar-refractivity contribution in [3.05, 3.63) is 41.9 Å². The van der Waals surface area contributed by atoms with Crippen LogP contribution in [0.1, 0.15) is 35.6 Å². The topological polar surface area (TPSA) is 93.2 Å². The molecule has 0 aromatic carbocycles. The smallest absolute Gasteiger partial charge is 0.256 e. The number of amides is 1. The van der Waals surface area contributed by atoms with Crippen molar-refractivity contribution in [2.45, 2.75) is 26.8 Å². The summed E-state index contributed by atoms with van der Waals surface area (Å²) in [6.45, 7) is 7.51. The molecule has 3 aromatic heterocycles. The molecule has 138 valence electrons. The lowest BCUT2D eigenvalue weighted by Crippen LogP contribution is -2.26. The van der Waals surface area contributed by atoms with Gasteiger partial charge < -0.3 is 9.88 Å². The van der Waals surface area contributed by atoms with Gasteiger partial charge in [0.15, 0.2) is 5.65 Å². The first-order valence-electron chi connectivity index (χ1n) is 8.78. The van der Waals surface area contributed by atoms with Gasteiger partial charge in [0.05, 0.1) is 6.20 Å². The number of hydrogen-bond donors (Lipinski definition) is 1. The van der Waals surface area contributed by atoms with E-state index in [0.29, 0.717) is 24.2 Å². The minimum absolute atomic E-state index is 0.189. The van der Waals surface area contributed by atoms with Crippen molar-refractivity contribution in [2.24, 2.45) is 7.05 Å². The van der Waals surface area contributed by atoms with Gasteiger partial charge in [-0.2, -0.15) is 5.10 Å². The summed E-state index contributed by atoms with van der Waals surface area (Å²) in [5.41, 5.74) is 2.10. The average Bonchev–Trinajstić information content (AvgIpc) is 3.25. The maximum atomic E-state index is 12.4. The molecule has 3 rings (SSSR count). The zero-order chi connectivity index (χ0) is 18.5. The summed E-state index contributed by atoms with van der Waals surface area (Å²) in [6, 6.07) is 0. The van der Waals surface area contributed by atoms with Gasteiger partial charge in [-0.15, -0.1) is 10.2 Å². The van der Waals surface area contributed by atoms with Crippen LogP contribution in [0.3, 0.4) is 0 Å². The highest BCUT2D eigenvalue weighted by molar-refractivity contribution is 5.99. The first kappa shape index (κ1) is 18.0. The van der Waals surface area contributed by atoms with Gasteiger partial charge in [0.2, 0.25) is 0 Å². The molecule has 1 amide bonds. The number of nitrogens with one attached hydrogen (secondary N) is 1. The highest BCUT2D eigenvalue weighted by Gasteiger charge is 2.14. The van der Waals surface area contributed by atoms with Gasteiger partial charge in [-0.3, -0.25) is 9.69 Å². The van der Waals surface area contributed by atoms with E-state index in [1.54, 1.807) is 17.0 Å². The summed E-state index contributed by atoms with van der Waals surface area (Å²) in [6.07, 6.45) is 7.55. The second-order valence-electron chi connectivity index (χ2n) is 6.11. The Morgan fingerprint density at radius 2 is 2.08 bits per heavy atom. The molecule has 0 radical (unpaired) electrons. The van der Waals surface area contributed by atoms with E-state index in [1.165, 1.54) is 0 Å². The second kappa shape index (κ2) is 8.05. The molecule has 9 heteroatoms. The Morgan fingerprint density at radius 3 is 2.77 bits per heavy atom. The lowest BCUT2D eigenvalue weighted by atomic mass is 10.3. The fraction of sp³-hybridized carbons (Fsp3) is 0.471. The lowest BCUT2D eigenvalue weighted by molar-refractivity contribution is 0.0955. The summed E-state index contributed by atoms with van der Waals surface area (Å²) in [4.78, 5) is 19.2. The van der Waals surface area contributed by atoms with Crippen LogP contribution in [-0.2, 0) is 20.0 Å². The summed E-state index contributed by atoms with van der Waals surface area (Å²) >= 11 is 0. The van der Waals surface area contributed by atoms with Crippen molar-refractivity contribution in [3.63, 3.8) is 0 Å². The van der Waals surface area contributed by atoms with E-state index in [1.807, 2.05) is 24.0 Å². The van der Waals surface area contributed by atoms with Crippen molar-refractivity contribution in [1.82, 2.24) is 39.6 Å². The molecule has 26 heavy (non-hydrogen) atoms. The number of hydrogen-bond acceptors (Lipinski definition) is 6. The molecule has 3 aromatic rings. The number of nitrogens with zero attached hydrogens (tertiary/aromatic N) is 7. The van der Waals surface area contributed by atoms with Crippen molar-refractivity contribution < 1.29 is 4.79 Å². The maximum absolute atomic E-state index is 12.4. The van der Waals surface area contributed by atoms with Gasteiger partial charge in [-0.05, 0) is 13.1 Å². The molecular weight excluding hydrogens is 332 g/mol. The van der Waals surface area contributed by atoms with E-state index < -0.39 is 0 Å². The van der Waals surface area contributed by atoms with Crippen molar-refractivity contribution in [1.29, 1.82) is 0 Å². The molecule has 0 saturated heterocycles.